The highest BCUT2D eigenvalue weighted by Crippen LogP contribution is 2.61. The van der Waals surface area contributed by atoms with E-state index >= 15 is 0 Å². The summed E-state index contributed by atoms with van der Waals surface area (Å²) < 4.78 is 8.90. The van der Waals surface area contributed by atoms with Crippen molar-refractivity contribution in [1.82, 2.24) is 0 Å². The Bertz CT molecular complexity index is 741. The van der Waals surface area contributed by atoms with Crippen molar-refractivity contribution in [2.24, 2.45) is 0 Å². The minimum Gasteiger partial charge on any atom is -0.497 e. The molecule has 0 N–H and O–H groups in total. The first-order valence-corrected chi connectivity index (χ1v) is 8.93. The Labute approximate surface area is 161 Å². The third-order valence-electron chi connectivity index (χ3n) is 4.50. The van der Waals surface area contributed by atoms with Crippen LogP contribution in [-0.2, 0) is 14.9 Å². The molecule has 0 spiro atoms. The molecule has 1 aliphatic carbocycles. The molecule has 0 aromatic heterocycles. The van der Waals surface area contributed by atoms with Gasteiger partial charge in [0.25, 0.3) is 0 Å². The van der Waals surface area contributed by atoms with Crippen molar-refractivity contribution < 1.29 is 14.3 Å². The molecule has 0 aliphatic heterocycles. The van der Waals surface area contributed by atoms with E-state index in [9.17, 15) is 4.79 Å². The van der Waals surface area contributed by atoms with E-state index < -0.39 is 9.21 Å². The number of hydrogen-bond donors (Lipinski definition) is 0. The molecule has 1 fully saturated rings. The molecule has 25 heavy (non-hydrogen) atoms. The Morgan fingerprint density at radius 1 is 1.12 bits per heavy atom. The van der Waals surface area contributed by atoms with Crippen LogP contribution in [0.3, 0.4) is 0 Å². The standard InChI is InChI=1S/C19H17Cl3O3/c1-24-15-9-7-14(8-10-15)18(17(23)25-12-19(20,21)22)11-16(18)13-5-3-2-4-6-13/h2-10,16H,11-12H2,1H3/t16-,18-/m1/s1. The Balaban J connectivity index is 1.91. The van der Waals surface area contributed by atoms with Crippen LogP contribution in [-0.4, -0.2) is 23.5 Å². The molecule has 2 aromatic carbocycles. The largest absolute Gasteiger partial charge is 0.497 e. The Morgan fingerprint density at radius 2 is 1.76 bits per heavy atom. The summed E-state index contributed by atoms with van der Waals surface area (Å²) in [5, 5.41) is 0. The second-order valence-electron chi connectivity index (χ2n) is 6.06. The third-order valence-corrected chi connectivity index (χ3v) is 4.83. The number of ether oxygens (including phenoxy) is 2. The first-order chi connectivity index (χ1) is 11.9. The fourth-order valence-corrected chi connectivity index (χ4v) is 3.34. The third kappa shape index (κ3) is 3.89. The first kappa shape index (κ1) is 18.4. The first-order valence-electron chi connectivity index (χ1n) is 7.80. The van der Waals surface area contributed by atoms with Crippen LogP contribution in [0.4, 0.5) is 0 Å². The summed E-state index contributed by atoms with van der Waals surface area (Å²) >= 11 is 17.2. The highest BCUT2D eigenvalue weighted by atomic mass is 35.6. The molecular formula is C19H17Cl3O3. The van der Waals surface area contributed by atoms with E-state index in [4.69, 9.17) is 44.3 Å². The number of benzene rings is 2. The highest BCUT2D eigenvalue weighted by Gasteiger charge is 2.63. The minimum atomic E-state index is -1.63. The van der Waals surface area contributed by atoms with Crippen LogP contribution < -0.4 is 4.74 Å². The molecule has 2 atom stereocenters. The Kier molecular flexibility index (Phi) is 5.19. The van der Waals surface area contributed by atoms with Crippen LogP contribution in [0.15, 0.2) is 54.6 Å². The molecule has 2 aromatic rings. The lowest BCUT2D eigenvalue weighted by Gasteiger charge is -2.19. The Morgan fingerprint density at radius 3 is 2.32 bits per heavy atom. The van der Waals surface area contributed by atoms with Crippen molar-refractivity contribution in [3.63, 3.8) is 0 Å². The van der Waals surface area contributed by atoms with E-state index in [1.807, 2.05) is 54.6 Å². The summed E-state index contributed by atoms with van der Waals surface area (Å²) in [6.07, 6.45) is 0.655. The van der Waals surface area contributed by atoms with Crippen molar-refractivity contribution in [3.05, 3.63) is 65.7 Å². The lowest BCUT2D eigenvalue weighted by Crippen LogP contribution is -2.28. The van der Waals surface area contributed by atoms with E-state index in [1.54, 1.807) is 7.11 Å². The van der Waals surface area contributed by atoms with Crippen LogP contribution in [0.1, 0.15) is 23.5 Å². The van der Waals surface area contributed by atoms with Gasteiger partial charge in [0, 0.05) is 5.92 Å². The number of carbonyl (C=O) groups is 1. The molecule has 0 amide bonds. The molecule has 132 valence electrons. The van der Waals surface area contributed by atoms with E-state index in [0.717, 1.165) is 16.9 Å². The van der Waals surface area contributed by atoms with Gasteiger partial charge in [-0.05, 0) is 29.7 Å². The molecule has 0 heterocycles. The van der Waals surface area contributed by atoms with Crippen LogP contribution in [0.5, 0.6) is 5.75 Å². The monoisotopic (exact) mass is 398 g/mol. The van der Waals surface area contributed by atoms with Crippen molar-refractivity contribution >= 4 is 40.8 Å². The lowest BCUT2D eigenvalue weighted by atomic mass is 9.90. The minimum absolute atomic E-state index is 0.0324. The number of esters is 1. The van der Waals surface area contributed by atoms with Crippen molar-refractivity contribution in [2.45, 2.75) is 21.5 Å². The zero-order valence-corrected chi connectivity index (χ0v) is 15.8. The summed E-state index contributed by atoms with van der Waals surface area (Å²) in [6.45, 7) is -0.282. The molecule has 6 heteroatoms. The zero-order valence-electron chi connectivity index (χ0n) is 13.5. The van der Waals surface area contributed by atoms with E-state index in [0.29, 0.717) is 6.42 Å². The molecular weight excluding hydrogens is 383 g/mol. The predicted molar refractivity (Wildman–Crippen MR) is 99.7 cm³/mol. The van der Waals surface area contributed by atoms with Gasteiger partial charge >= 0.3 is 5.97 Å². The SMILES string of the molecule is COc1ccc([C@]2(C(=O)OCC(Cl)(Cl)Cl)C[C@@H]2c2ccccc2)cc1. The van der Waals surface area contributed by atoms with Crippen LogP contribution in [0, 0.1) is 0 Å². The van der Waals surface area contributed by atoms with Crippen LogP contribution >= 0.6 is 34.8 Å². The molecule has 0 bridgehead atoms. The molecule has 1 saturated carbocycles. The number of rotatable bonds is 5. The second-order valence-corrected chi connectivity index (χ2v) is 8.57. The number of carbonyl (C=O) groups excluding carboxylic acids is 1. The number of halogens is 3. The normalized spacial score (nSPS) is 22.3. The van der Waals surface area contributed by atoms with Gasteiger partial charge in [-0.15, -0.1) is 0 Å². The smallest absolute Gasteiger partial charge is 0.317 e. The van der Waals surface area contributed by atoms with Crippen molar-refractivity contribution in [1.29, 1.82) is 0 Å². The van der Waals surface area contributed by atoms with Crippen LogP contribution in [0.25, 0.3) is 0 Å². The van der Waals surface area contributed by atoms with Gasteiger partial charge in [0.1, 0.15) is 17.8 Å². The predicted octanol–water partition coefficient (Wildman–Crippen LogP) is 5.03. The van der Waals surface area contributed by atoms with Gasteiger partial charge in [-0.3, -0.25) is 4.79 Å². The van der Waals surface area contributed by atoms with Gasteiger partial charge in [-0.1, -0.05) is 77.3 Å². The van der Waals surface area contributed by atoms with E-state index in [-0.39, 0.29) is 18.5 Å². The van der Waals surface area contributed by atoms with Crippen molar-refractivity contribution in [3.8, 4) is 5.75 Å². The second kappa shape index (κ2) is 7.06. The quantitative estimate of drug-likeness (QED) is 0.522. The average Bonchev–Trinajstić information content (AvgIpc) is 3.37. The van der Waals surface area contributed by atoms with E-state index in [2.05, 4.69) is 0 Å². The summed E-state index contributed by atoms with van der Waals surface area (Å²) in [5.41, 5.74) is 1.20. The van der Waals surface area contributed by atoms with E-state index in [1.165, 1.54) is 0 Å². The molecule has 0 saturated heterocycles. The Hall–Kier alpha value is -1.42. The molecule has 0 radical (unpaired) electrons. The summed E-state index contributed by atoms with van der Waals surface area (Å²) in [7, 11) is 1.60. The molecule has 1 aliphatic rings. The number of hydrogen-bond acceptors (Lipinski definition) is 3. The fraction of sp³-hybridized carbons (Fsp3) is 0.316. The summed E-state index contributed by atoms with van der Waals surface area (Å²) in [5.74, 6) is 0.383. The lowest BCUT2D eigenvalue weighted by molar-refractivity contribution is -0.146. The van der Waals surface area contributed by atoms with Crippen molar-refractivity contribution in [2.75, 3.05) is 13.7 Å². The van der Waals surface area contributed by atoms with Gasteiger partial charge in [0.05, 0.1) is 7.11 Å². The fourth-order valence-electron chi connectivity index (χ4n) is 3.18. The average molecular weight is 400 g/mol. The molecule has 3 nitrogen and oxygen atoms in total. The van der Waals surface area contributed by atoms with Crippen LogP contribution in [0.2, 0.25) is 0 Å². The number of alkyl halides is 3. The number of methoxy groups -OCH3 is 1. The van der Waals surface area contributed by atoms with Gasteiger partial charge in [0.15, 0.2) is 0 Å². The van der Waals surface area contributed by atoms with Gasteiger partial charge in [0.2, 0.25) is 3.79 Å². The maximum atomic E-state index is 12.9. The topological polar surface area (TPSA) is 35.5 Å². The van der Waals surface area contributed by atoms with Gasteiger partial charge in [-0.25, -0.2) is 0 Å². The summed E-state index contributed by atoms with van der Waals surface area (Å²) in [6, 6.07) is 17.3. The maximum absolute atomic E-state index is 12.9. The maximum Gasteiger partial charge on any atom is 0.317 e. The summed E-state index contributed by atoms with van der Waals surface area (Å²) in [4.78, 5) is 12.9. The van der Waals surface area contributed by atoms with Gasteiger partial charge < -0.3 is 9.47 Å². The zero-order chi connectivity index (χ0) is 18.1. The molecule has 3 rings (SSSR count). The van der Waals surface area contributed by atoms with Gasteiger partial charge in [-0.2, -0.15) is 0 Å². The molecule has 0 unspecified atom stereocenters. The highest BCUT2D eigenvalue weighted by molar-refractivity contribution is 6.67.